The highest BCUT2D eigenvalue weighted by molar-refractivity contribution is 7.09. The minimum atomic E-state index is 0.0607. The molecule has 0 radical (unpaired) electrons. The molecule has 0 aromatic carbocycles. The Kier molecular flexibility index (Phi) is 3.65. The zero-order valence-electron chi connectivity index (χ0n) is 11.3. The topological polar surface area (TPSA) is 26.0 Å². The normalized spacial score (nSPS) is 32.6. The third-order valence-corrected chi connectivity index (χ3v) is 4.87. The molecule has 2 N–H and O–H groups in total. The van der Waals surface area contributed by atoms with Crippen LogP contribution in [0.1, 0.15) is 51.3 Å². The first kappa shape index (κ1) is 13.1. The van der Waals surface area contributed by atoms with Gasteiger partial charge in [-0.3, -0.25) is 0 Å². The summed E-state index contributed by atoms with van der Waals surface area (Å²) in [4.78, 5) is 1.48. The van der Waals surface area contributed by atoms with Gasteiger partial charge >= 0.3 is 0 Å². The molecule has 0 aliphatic heterocycles. The van der Waals surface area contributed by atoms with E-state index in [-0.39, 0.29) is 5.54 Å². The molecule has 0 amide bonds. The van der Waals surface area contributed by atoms with Crippen molar-refractivity contribution in [3.05, 3.63) is 22.4 Å². The van der Waals surface area contributed by atoms with Crippen LogP contribution in [0.4, 0.5) is 0 Å². The van der Waals surface area contributed by atoms with Crippen LogP contribution in [0.25, 0.3) is 0 Å². The monoisotopic (exact) mass is 251 g/mol. The number of hydrogen-bond donors (Lipinski definition) is 1. The summed E-state index contributed by atoms with van der Waals surface area (Å²) in [7, 11) is 0. The van der Waals surface area contributed by atoms with Crippen LogP contribution < -0.4 is 5.73 Å². The highest BCUT2D eigenvalue weighted by Gasteiger charge is 2.39. The Bertz CT molecular complexity index is 355. The Morgan fingerprint density at radius 2 is 2.18 bits per heavy atom. The molecule has 2 rings (SSSR count). The van der Waals surface area contributed by atoms with E-state index >= 15 is 0 Å². The van der Waals surface area contributed by atoms with Crippen molar-refractivity contribution in [3.63, 3.8) is 0 Å². The molecule has 1 nitrogen and oxygen atoms in total. The smallest absolute Gasteiger partial charge is 0.0165 e. The fourth-order valence-corrected chi connectivity index (χ4v) is 4.53. The molecule has 1 aromatic heterocycles. The van der Waals surface area contributed by atoms with Gasteiger partial charge in [0.15, 0.2) is 0 Å². The maximum absolute atomic E-state index is 6.65. The van der Waals surface area contributed by atoms with Crippen molar-refractivity contribution in [2.24, 2.45) is 17.1 Å². The van der Waals surface area contributed by atoms with E-state index in [4.69, 9.17) is 5.73 Å². The van der Waals surface area contributed by atoms with Gasteiger partial charge in [-0.05, 0) is 54.9 Å². The molecule has 17 heavy (non-hydrogen) atoms. The summed E-state index contributed by atoms with van der Waals surface area (Å²) in [6.07, 6.45) is 5.99. The molecule has 1 fully saturated rings. The molecular weight excluding hydrogens is 226 g/mol. The van der Waals surface area contributed by atoms with Crippen molar-refractivity contribution < 1.29 is 0 Å². The standard InChI is InChI=1S/C15H25NS/c1-12-9-14(2,3)11-15(16,10-12)7-6-13-5-4-8-17-13/h4-5,8,12H,6-7,9-11,16H2,1-3H3. The molecule has 1 heterocycles. The Hall–Kier alpha value is -0.340. The van der Waals surface area contributed by atoms with Crippen molar-refractivity contribution >= 4 is 11.3 Å². The van der Waals surface area contributed by atoms with Gasteiger partial charge in [-0.15, -0.1) is 11.3 Å². The van der Waals surface area contributed by atoms with E-state index in [2.05, 4.69) is 38.3 Å². The zero-order valence-corrected chi connectivity index (χ0v) is 12.1. The third kappa shape index (κ3) is 3.56. The quantitative estimate of drug-likeness (QED) is 0.855. The van der Waals surface area contributed by atoms with Crippen LogP contribution in [0.5, 0.6) is 0 Å². The molecule has 2 unspecified atom stereocenters. The summed E-state index contributed by atoms with van der Waals surface area (Å²) in [5.41, 5.74) is 7.13. The summed E-state index contributed by atoms with van der Waals surface area (Å²) in [6, 6.07) is 4.36. The first-order valence-corrected chi connectivity index (χ1v) is 7.58. The number of thiophene rings is 1. The second kappa shape index (κ2) is 4.74. The molecule has 0 spiro atoms. The number of aryl methyl sites for hydroxylation is 1. The summed E-state index contributed by atoms with van der Waals surface area (Å²) >= 11 is 1.86. The van der Waals surface area contributed by atoms with Crippen LogP contribution in [0.2, 0.25) is 0 Å². The Labute approximate surface area is 109 Å². The van der Waals surface area contributed by atoms with Gasteiger partial charge in [0.25, 0.3) is 0 Å². The van der Waals surface area contributed by atoms with E-state index < -0.39 is 0 Å². The Morgan fingerprint density at radius 1 is 1.41 bits per heavy atom. The molecule has 96 valence electrons. The van der Waals surface area contributed by atoms with Gasteiger partial charge in [-0.25, -0.2) is 0 Å². The highest BCUT2D eigenvalue weighted by Crippen LogP contribution is 2.44. The van der Waals surface area contributed by atoms with E-state index in [1.54, 1.807) is 0 Å². The van der Waals surface area contributed by atoms with Crippen LogP contribution in [-0.4, -0.2) is 5.54 Å². The van der Waals surface area contributed by atoms with Crippen LogP contribution in [0, 0.1) is 11.3 Å². The number of hydrogen-bond acceptors (Lipinski definition) is 2. The van der Waals surface area contributed by atoms with Crippen molar-refractivity contribution in [2.45, 2.75) is 58.4 Å². The van der Waals surface area contributed by atoms with Crippen molar-refractivity contribution in [2.75, 3.05) is 0 Å². The van der Waals surface area contributed by atoms with E-state index in [0.717, 1.165) is 18.8 Å². The lowest BCUT2D eigenvalue weighted by atomic mass is 9.63. The molecule has 1 aliphatic carbocycles. The maximum atomic E-state index is 6.65. The second-order valence-electron chi connectivity index (χ2n) is 6.80. The van der Waals surface area contributed by atoms with Gasteiger partial charge < -0.3 is 5.73 Å². The lowest BCUT2D eigenvalue weighted by Gasteiger charge is -2.45. The van der Waals surface area contributed by atoms with Crippen molar-refractivity contribution in [3.8, 4) is 0 Å². The Morgan fingerprint density at radius 3 is 2.76 bits per heavy atom. The van der Waals surface area contributed by atoms with Crippen LogP contribution >= 0.6 is 11.3 Å². The SMILES string of the molecule is CC1CC(C)(C)CC(N)(CCc2cccs2)C1. The predicted octanol–water partition coefficient (Wildman–Crippen LogP) is 4.22. The van der Waals surface area contributed by atoms with Crippen LogP contribution in [-0.2, 0) is 6.42 Å². The van der Waals surface area contributed by atoms with Crippen LogP contribution in [0.15, 0.2) is 17.5 Å². The van der Waals surface area contributed by atoms with E-state index in [0.29, 0.717) is 5.41 Å². The minimum Gasteiger partial charge on any atom is -0.325 e. The van der Waals surface area contributed by atoms with Gasteiger partial charge in [-0.2, -0.15) is 0 Å². The maximum Gasteiger partial charge on any atom is 0.0165 e. The summed E-state index contributed by atoms with van der Waals surface area (Å²) in [6.45, 7) is 7.10. The second-order valence-corrected chi connectivity index (χ2v) is 7.83. The van der Waals surface area contributed by atoms with Crippen LogP contribution in [0.3, 0.4) is 0 Å². The molecule has 1 aromatic rings. The average Bonchev–Trinajstić information content (AvgIpc) is 2.62. The van der Waals surface area contributed by atoms with Gasteiger partial charge in [0, 0.05) is 10.4 Å². The van der Waals surface area contributed by atoms with Gasteiger partial charge in [0.05, 0.1) is 0 Å². The average molecular weight is 251 g/mol. The molecular formula is C15H25NS. The molecule has 2 heteroatoms. The zero-order chi connectivity index (χ0) is 12.5. The lowest BCUT2D eigenvalue weighted by molar-refractivity contribution is 0.102. The van der Waals surface area contributed by atoms with E-state index in [1.807, 2.05) is 11.3 Å². The molecule has 1 saturated carbocycles. The first-order valence-electron chi connectivity index (χ1n) is 6.70. The van der Waals surface area contributed by atoms with Gasteiger partial charge in [0.2, 0.25) is 0 Å². The van der Waals surface area contributed by atoms with Gasteiger partial charge in [0.1, 0.15) is 0 Å². The summed E-state index contributed by atoms with van der Waals surface area (Å²) in [5, 5.41) is 2.16. The highest BCUT2D eigenvalue weighted by atomic mass is 32.1. The summed E-state index contributed by atoms with van der Waals surface area (Å²) < 4.78 is 0. The third-order valence-electron chi connectivity index (χ3n) is 3.94. The predicted molar refractivity (Wildman–Crippen MR) is 76.4 cm³/mol. The van der Waals surface area contributed by atoms with Crippen molar-refractivity contribution in [1.29, 1.82) is 0 Å². The molecule has 2 atom stereocenters. The van der Waals surface area contributed by atoms with E-state index in [9.17, 15) is 0 Å². The lowest BCUT2D eigenvalue weighted by Crippen LogP contribution is -2.49. The van der Waals surface area contributed by atoms with Crippen molar-refractivity contribution in [1.82, 2.24) is 0 Å². The van der Waals surface area contributed by atoms with E-state index in [1.165, 1.54) is 24.1 Å². The van der Waals surface area contributed by atoms with Gasteiger partial charge in [-0.1, -0.05) is 26.8 Å². The minimum absolute atomic E-state index is 0.0607. The fraction of sp³-hybridized carbons (Fsp3) is 0.733. The molecule has 0 saturated heterocycles. The summed E-state index contributed by atoms with van der Waals surface area (Å²) in [5.74, 6) is 0.770. The number of rotatable bonds is 3. The first-order chi connectivity index (χ1) is 7.89. The molecule has 1 aliphatic rings. The molecule has 0 bridgehead atoms. The number of nitrogens with two attached hydrogens (primary N) is 1. The largest absolute Gasteiger partial charge is 0.325 e. The Balaban J connectivity index is 1.98. The fourth-order valence-electron chi connectivity index (χ4n) is 3.82.